The van der Waals surface area contributed by atoms with Crippen LogP contribution < -0.4 is 33.5 Å². The van der Waals surface area contributed by atoms with Crippen LogP contribution >= 0.6 is 11.6 Å². The highest BCUT2D eigenvalue weighted by Crippen LogP contribution is 2.45. The monoisotopic (exact) mass is 883 g/mol. The standard InChI is InChI=1S/C58H48ClN4O3/c1-4-64-49-32-33-50-44(39-57-61(3)52-29-12-14-31-55(52)66-57)38-48(63(53(50)40-49)46-24-9-6-10-25-46)27-17-21-43-19-15-18-42(58(43)59)20-16-26-47-36-41(34-35-62(47)45-22-7-5-8-23-45)37-56-60(2)51-28-11-13-30-54(51)65-56/h5-40,58H,4H2,1-3H3/q+1. The minimum Gasteiger partial charge on any atom is -0.494 e. The van der Waals surface area contributed by atoms with Crippen LogP contribution in [0, 0.1) is 0 Å². The fourth-order valence-corrected chi connectivity index (χ4v) is 8.81. The molecule has 10 rings (SSSR count). The Bertz CT molecular complexity index is 3100. The van der Waals surface area contributed by atoms with E-state index < -0.39 is 0 Å². The van der Waals surface area contributed by atoms with Crippen LogP contribution in [0.4, 0.5) is 22.7 Å². The summed E-state index contributed by atoms with van der Waals surface area (Å²) in [6, 6.07) is 47.5. The van der Waals surface area contributed by atoms with Crippen molar-refractivity contribution in [2.45, 2.75) is 12.3 Å². The molecule has 1 aromatic heterocycles. The molecule has 324 valence electrons. The second-order valence-corrected chi connectivity index (χ2v) is 16.5. The highest BCUT2D eigenvalue weighted by molar-refractivity contribution is 6.25. The zero-order chi connectivity index (χ0) is 45.0. The number of pyridine rings is 1. The number of aromatic nitrogens is 1. The molecule has 66 heavy (non-hydrogen) atoms. The molecule has 0 radical (unpaired) electrons. The average Bonchev–Trinajstić information content (AvgIpc) is 3.84. The molecule has 3 aliphatic heterocycles. The van der Waals surface area contributed by atoms with Crippen molar-refractivity contribution in [2.24, 2.45) is 0 Å². The Balaban J connectivity index is 0.948. The number of benzene rings is 5. The first-order valence-electron chi connectivity index (χ1n) is 22.1. The van der Waals surface area contributed by atoms with E-state index in [1.165, 1.54) is 0 Å². The summed E-state index contributed by atoms with van der Waals surface area (Å²) in [4.78, 5) is 6.43. The van der Waals surface area contributed by atoms with Crippen LogP contribution in [0.1, 0.15) is 23.7 Å². The van der Waals surface area contributed by atoms with Crippen molar-refractivity contribution < 1.29 is 18.8 Å². The number of fused-ring (bicyclic) bond motifs is 3. The van der Waals surface area contributed by atoms with Crippen molar-refractivity contribution in [2.75, 3.05) is 35.4 Å². The number of ether oxygens (including phenoxy) is 3. The number of hydrogen-bond donors (Lipinski definition) is 0. The van der Waals surface area contributed by atoms with Crippen molar-refractivity contribution >= 4 is 52.1 Å². The van der Waals surface area contributed by atoms with Crippen LogP contribution in [0.25, 0.3) is 23.4 Å². The van der Waals surface area contributed by atoms with Crippen molar-refractivity contribution in [3.05, 3.63) is 252 Å². The lowest BCUT2D eigenvalue weighted by Crippen LogP contribution is -2.33. The number of rotatable bonds is 10. The summed E-state index contributed by atoms with van der Waals surface area (Å²) in [5.74, 6) is 4.01. The molecule has 1 atom stereocenters. The molecular weight excluding hydrogens is 836 g/mol. The fourth-order valence-electron chi connectivity index (χ4n) is 8.52. The van der Waals surface area contributed by atoms with Gasteiger partial charge in [-0.05, 0) is 89.9 Å². The average molecular weight is 884 g/mol. The van der Waals surface area contributed by atoms with E-state index in [1.54, 1.807) is 0 Å². The number of anilines is 4. The Kier molecular flexibility index (Phi) is 11.8. The van der Waals surface area contributed by atoms with E-state index in [0.717, 1.165) is 96.7 Å². The molecule has 6 aromatic rings. The number of para-hydroxylation sites is 6. The van der Waals surface area contributed by atoms with Gasteiger partial charge in [-0.25, -0.2) is 0 Å². The summed E-state index contributed by atoms with van der Waals surface area (Å²) in [6.45, 7) is 2.57. The number of hydrogen-bond acceptors (Lipinski definition) is 6. The van der Waals surface area contributed by atoms with Gasteiger partial charge in [0.25, 0.3) is 0 Å². The number of alkyl halides is 1. The van der Waals surface area contributed by atoms with Gasteiger partial charge in [0.2, 0.25) is 23.1 Å². The van der Waals surface area contributed by atoms with Crippen LogP contribution in [0.5, 0.6) is 17.2 Å². The van der Waals surface area contributed by atoms with Crippen molar-refractivity contribution in [1.82, 2.24) is 0 Å². The summed E-state index contributed by atoms with van der Waals surface area (Å²) < 4.78 is 20.8. The predicted octanol–water partition coefficient (Wildman–Crippen LogP) is 13.3. The predicted molar refractivity (Wildman–Crippen MR) is 270 cm³/mol. The Morgan fingerprint density at radius 1 is 0.697 bits per heavy atom. The SMILES string of the molecule is CCOc1ccc2c(c1)N(c1ccccc1)C(=CC=CC1=CC=CC(=CC=Cc3cc(C=C4Oc5ccccc5N4C)cc[n+]3-c3ccccc3)C1Cl)C=C2C=C1Oc2ccccc2N1C. The molecule has 1 unspecified atom stereocenters. The molecule has 0 fully saturated rings. The van der Waals surface area contributed by atoms with Crippen molar-refractivity contribution in [3.63, 3.8) is 0 Å². The Hall–Kier alpha value is -8.00. The van der Waals surface area contributed by atoms with E-state index in [4.69, 9.17) is 25.8 Å². The third kappa shape index (κ3) is 8.52. The minimum absolute atomic E-state index is 0.359. The molecule has 0 saturated heterocycles. The molecule has 0 spiro atoms. The number of halogens is 1. The summed E-state index contributed by atoms with van der Waals surface area (Å²) in [5, 5.41) is -0.359. The Morgan fingerprint density at radius 3 is 2.08 bits per heavy atom. The smallest absolute Gasteiger partial charge is 0.211 e. The molecule has 0 amide bonds. The first-order chi connectivity index (χ1) is 32.4. The fraction of sp³-hybridized carbons (Fsp3) is 0.0862. The van der Waals surface area contributed by atoms with Crippen LogP contribution in [-0.2, 0) is 0 Å². The maximum absolute atomic E-state index is 7.27. The summed E-state index contributed by atoms with van der Waals surface area (Å²) >= 11 is 7.27. The van der Waals surface area contributed by atoms with Crippen LogP contribution in [0.15, 0.2) is 235 Å². The highest BCUT2D eigenvalue weighted by atomic mass is 35.5. The van der Waals surface area contributed by atoms with Crippen LogP contribution in [0.3, 0.4) is 0 Å². The van der Waals surface area contributed by atoms with Crippen LogP contribution in [0.2, 0.25) is 0 Å². The van der Waals surface area contributed by atoms with Gasteiger partial charge in [-0.3, -0.25) is 0 Å². The summed E-state index contributed by atoms with van der Waals surface area (Å²) in [5.41, 5.74) is 12.2. The van der Waals surface area contributed by atoms with E-state index >= 15 is 0 Å². The zero-order valence-corrected chi connectivity index (χ0v) is 37.7. The molecule has 7 nitrogen and oxygen atoms in total. The topological polar surface area (TPSA) is 41.3 Å². The first-order valence-corrected chi connectivity index (χ1v) is 22.5. The molecule has 1 aliphatic carbocycles. The van der Waals surface area contributed by atoms with Gasteiger partial charge in [-0.15, -0.1) is 11.6 Å². The lowest BCUT2D eigenvalue weighted by Gasteiger charge is -2.33. The van der Waals surface area contributed by atoms with E-state index in [1.807, 2.05) is 75.6 Å². The summed E-state index contributed by atoms with van der Waals surface area (Å²) in [7, 11) is 4.06. The van der Waals surface area contributed by atoms with Gasteiger partial charge in [0.15, 0.2) is 17.7 Å². The van der Waals surface area contributed by atoms with Gasteiger partial charge < -0.3 is 28.9 Å². The molecule has 8 heteroatoms. The lowest BCUT2D eigenvalue weighted by atomic mass is 9.95. The van der Waals surface area contributed by atoms with Gasteiger partial charge in [0.1, 0.15) is 5.75 Å². The number of allylic oxidation sites excluding steroid dienone is 13. The molecule has 0 N–H and O–H groups in total. The maximum Gasteiger partial charge on any atom is 0.211 e. The largest absolute Gasteiger partial charge is 0.494 e. The molecule has 4 aliphatic rings. The Morgan fingerprint density at radius 2 is 1.36 bits per heavy atom. The molecule has 0 bridgehead atoms. The third-order valence-corrected chi connectivity index (χ3v) is 12.3. The maximum atomic E-state index is 7.27. The van der Waals surface area contributed by atoms with Crippen molar-refractivity contribution in [3.8, 4) is 22.9 Å². The zero-order valence-electron chi connectivity index (χ0n) is 37.0. The third-order valence-electron chi connectivity index (χ3n) is 11.8. The normalized spacial score (nSPS) is 18.8. The van der Waals surface area contributed by atoms with E-state index in [0.29, 0.717) is 6.61 Å². The number of nitrogens with zero attached hydrogens (tertiary/aromatic N) is 4. The Labute approximate surface area is 391 Å². The molecule has 0 saturated carbocycles. The molecule has 5 aromatic carbocycles. The minimum atomic E-state index is -0.359. The van der Waals surface area contributed by atoms with Gasteiger partial charge in [-0.1, -0.05) is 103 Å². The van der Waals surface area contributed by atoms with Gasteiger partial charge >= 0.3 is 0 Å². The van der Waals surface area contributed by atoms with Gasteiger partial charge in [0, 0.05) is 79.6 Å². The van der Waals surface area contributed by atoms with E-state index in [9.17, 15) is 0 Å². The first kappa shape index (κ1) is 42.0. The second-order valence-electron chi connectivity index (χ2n) is 16.1. The lowest BCUT2D eigenvalue weighted by molar-refractivity contribution is -0.597. The highest BCUT2D eigenvalue weighted by Gasteiger charge is 2.28. The molecule has 4 heterocycles. The summed E-state index contributed by atoms with van der Waals surface area (Å²) in [6.07, 6.45) is 27.3. The quantitative estimate of drug-likeness (QED) is 0.101. The second kappa shape index (κ2) is 18.6. The van der Waals surface area contributed by atoms with Gasteiger partial charge in [-0.2, -0.15) is 4.57 Å². The van der Waals surface area contributed by atoms with E-state index in [2.05, 4.69) is 183 Å². The molecular formula is C58H48ClN4O3+. The van der Waals surface area contributed by atoms with Crippen molar-refractivity contribution in [1.29, 1.82) is 0 Å². The van der Waals surface area contributed by atoms with E-state index in [-0.39, 0.29) is 5.38 Å². The van der Waals surface area contributed by atoms with Crippen LogP contribution in [-0.4, -0.2) is 26.1 Å². The van der Waals surface area contributed by atoms with Gasteiger partial charge in [0.05, 0.1) is 29.0 Å².